The molecule has 142 valence electrons. The number of piperidine rings is 1. The number of hydrogen-bond acceptors (Lipinski definition) is 5. The molecule has 4 rings (SSSR count). The van der Waals surface area contributed by atoms with E-state index in [9.17, 15) is 9.90 Å². The lowest BCUT2D eigenvalue weighted by molar-refractivity contribution is 0.0389. The highest BCUT2D eigenvalue weighted by Crippen LogP contribution is 2.51. The first-order valence-corrected chi connectivity index (χ1v) is 9.52. The van der Waals surface area contributed by atoms with Crippen LogP contribution in [0.3, 0.4) is 0 Å². The van der Waals surface area contributed by atoms with Gasteiger partial charge >= 0.3 is 0 Å². The molecule has 6 heteroatoms. The standard InChI is InChI=1S/C20H29N3O3/c1-11-6-13(18-12(17(11)21)4-5-26-18)19(24)22-7-14-15-8-23(9-16(14)15)10-20(2,3)25/h6,14-16,25H,4-5,7-10,21H2,1-3H3,(H,22,24). The minimum atomic E-state index is -0.645. The van der Waals surface area contributed by atoms with E-state index in [0.717, 1.165) is 36.3 Å². The molecule has 0 bridgehead atoms. The van der Waals surface area contributed by atoms with Crippen molar-refractivity contribution < 1.29 is 14.6 Å². The van der Waals surface area contributed by atoms with E-state index in [1.165, 1.54) is 0 Å². The summed E-state index contributed by atoms with van der Waals surface area (Å²) in [4.78, 5) is 15.0. The third-order valence-corrected chi connectivity index (χ3v) is 6.03. The molecule has 0 spiro atoms. The molecule has 1 saturated heterocycles. The highest BCUT2D eigenvalue weighted by atomic mass is 16.5. The Bertz CT molecular complexity index is 729. The summed E-state index contributed by atoms with van der Waals surface area (Å²) in [5.41, 5.74) is 8.74. The van der Waals surface area contributed by atoms with E-state index in [1.807, 2.05) is 26.8 Å². The number of amides is 1. The Morgan fingerprint density at radius 2 is 2.12 bits per heavy atom. The monoisotopic (exact) mass is 359 g/mol. The van der Waals surface area contributed by atoms with Gasteiger partial charge in [-0.05, 0) is 50.2 Å². The topological polar surface area (TPSA) is 87.8 Å². The van der Waals surface area contributed by atoms with Crippen LogP contribution in [0.4, 0.5) is 5.69 Å². The summed E-state index contributed by atoms with van der Waals surface area (Å²) >= 11 is 0. The van der Waals surface area contributed by atoms with Gasteiger partial charge < -0.3 is 20.9 Å². The third-order valence-electron chi connectivity index (χ3n) is 6.03. The number of aryl methyl sites for hydroxylation is 1. The van der Waals surface area contributed by atoms with Gasteiger partial charge in [-0.2, -0.15) is 0 Å². The predicted molar refractivity (Wildman–Crippen MR) is 100 cm³/mol. The molecule has 6 nitrogen and oxygen atoms in total. The van der Waals surface area contributed by atoms with E-state index < -0.39 is 5.60 Å². The molecule has 0 radical (unpaired) electrons. The largest absolute Gasteiger partial charge is 0.492 e. The Morgan fingerprint density at radius 3 is 2.77 bits per heavy atom. The quantitative estimate of drug-likeness (QED) is 0.688. The first kappa shape index (κ1) is 17.6. The molecule has 1 aromatic carbocycles. The molecule has 2 heterocycles. The van der Waals surface area contributed by atoms with Crippen LogP contribution in [0, 0.1) is 24.7 Å². The molecule has 26 heavy (non-hydrogen) atoms. The number of β-amino-alcohol motifs (C(OH)–C–C–N with tert-alkyl or cyclic N) is 1. The summed E-state index contributed by atoms with van der Waals surface area (Å²) in [6.07, 6.45) is 0.771. The number of nitrogens with two attached hydrogens (primary N) is 1. The maximum Gasteiger partial charge on any atom is 0.255 e. The second kappa shape index (κ2) is 6.13. The zero-order valence-corrected chi connectivity index (χ0v) is 15.8. The first-order valence-electron chi connectivity index (χ1n) is 9.52. The summed E-state index contributed by atoms with van der Waals surface area (Å²) in [7, 11) is 0. The van der Waals surface area contributed by atoms with E-state index in [4.69, 9.17) is 10.5 Å². The number of carbonyl (C=O) groups is 1. The molecule has 3 aliphatic rings. The molecule has 1 aromatic rings. The number of fused-ring (bicyclic) bond motifs is 2. The minimum absolute atomic E-state index is 0.0652. The van der Waals surface area contributed by atoms with Crippen molar-refractivity contribution in [3.63, 3.8) is 0 Å². The third kappa shape index (κ3) is 3.16. The van der Waals surface area contributed by atoms with Crippen LogP contribution in [0.5, 0.6) is 5.75 Å². The maximum absolute atomic E-state index is 12.7. The van der Waals surface area contributed by atoms with Gasteiger partial charge in [-0.3, -0.25) is 9.69 Å². The van der Waals surface area contributed by atoms with Crippen LogP contribution in [0.1, 0.15) is 35.3 Å². The van der Waals surface area contributed by atoms with Gasteiger partial charge in [0.25, 0.3) is 5.91 Å². The lowest BCUT2D eigenvalue weighted by atomic mass is 10.0. The Balaban J connectivity index is 1.33. The van der Waals surface area contributed by atoms with Crippen molar-refractivity contribution in [1.82, 2.24) is 10.2 Å². The Morgan fingerprint density at radius 1 is 1.42 bits per heavy atom. The number of nitrogens with one attached hydrogen (secondary N) is 1. The normalized spacial score (nSPS) is 27.0. The Labute approximate surface area is 154 Å². The lowest BCUT2D eigenvalue weighted by Crippen LogP contribution is -2.39. The van der Waals surface area contributed by atoms with Crippen molar-refractivity contribution in [3.8, 4) is 5.75 Å². The number of carbonyl (C=O) groups excluding carboxylic acids is 1. The van der Waals surface area contributed by atoms with E-state index in [-0.39, 0.29) is 5.91 Å². The average Bonchev–Trinajstić information content (AvgIpc) is 2.95. The molecular weight excluding hydrogens is 330 g/mol. The number of nitrogens with zero attached hydrogens (tertiary/aromatic N) is 1. The number of ether oxygens (including phenoxy) is 1. The number of benzene rings is 1. The van der Waals surface area contributed by atoms with Crippen molar-refractivity contribution in [2.24, 2.45) is 17.8 Å². The molecule has 2 fully saturated rings. The second-order valence-electron chi connectivity index (χ2n) is 8.77. The number of hydrogen-bond donors (Lipinski definition) is 3. The molecule has 2 atom stereocenters. The average molecular weight is 359 g/mol. The van der Waals surface area contributed by atoms with Gasteiger partial charge in [0.1, 0.15) is 5.75 Å². The van der Waals surface area contributed by atoms with E-state index in [2.05, 4.69) is 10.2 Å². The summed E-state index contributed by atoms with van der Waals surface area (Å²) in [6.45, 7) is 9.70. The van der Waals surface area contributed by atoms with Crippen LogP contribution in [-0.2, 0) is 6.42 Å². The predicted octanol–water partition coefficient (Wildman–Crippen LogP) is 1.19. The number of likely N-dealkylation sites (tertiary alicyclic amines) is 1. The SMILES string of the molecule is Cc1cc(C(=O)NCC2C3CN(CC(C)(C)O)CC23)c2c(c1N)CCO2. The van der Waals surface area contributed by atoms with Crippen molar-refractivity contribution in [3.05, 3.63) is 22.8 Å². The highest BCUT2D eigenvalue weighted by Gasteiger charge is 2.55. The van der Waals surface area contributed by atoms with Gasteiger partial charge in [0.15, 0.2) is 0 Å². The summed E-state index contributed by atoms with van der Waals surface area (Å²) in [5.74, 6) is 2.45. The van der Waals surface area contributed by atoms with Gasteiger partial charge in [0.2, 0.25) is 0 Å². The van der Waals surface area contributed by atoms with E-state index in [1.54, 1.807) is 0 Å². The number of aliphatic hydroxyl groups is 1. The molecule has 4 N–H and O–H groups in total. The zero-order valence-electron chi connectivity index (χ0n) is 15.8. The highest BCUT2D eigenvalue weighted by molar-refractivity contribution is 5.98. The minimum Gasteiger partial charge on any atom is -0.492 e. The van der Waals surface area contributed by atoms with Crippen molar-refractivity contribution in [2.45, 2.75) is 32.8 Å². The summed E-state index contributed by atoms with van der Waals surface area (Å²) in [5, 5.41) is 13.0. The summed E-state index contributed by atoms with van der Waals surface area (Å²) < 4.78 is 5.67. The number of nitrogen functional groups attached to an aromatic ring is 1. The van der Waals surface area contributed by atoms with E-state index >= 15 is 0 Å². The van der Waals surface area contributed by atoms with Crippen LogP contribution >= 0.6 is 0 Å². The number of rotatable bonds is 5. The first-order chi connectivity index (χ1) is 12.2. The van der Waals surface area contributed by atoms with Crippen LogP contribution in [0.25, 0.3) is 0 Å². The zero-order chi connectivity index (χ0) is 18.6. The number of anilines is 1. The van der Waals surface area contributed by atoms with Crippen LogP contribution in [0.15, 0.2) is 6.07 Å². The van der Waals surface area contributed by atoms with Crippen LogP contribution in [-0.4, -0.2) is 54.3 Å². The molecular formula is C20H29N3O3. The molecule has 1 saturated carbocycles. The van der Waals surface area contributed by atoms with Gasteiger partial charge in [0, 0.05) is 43.9 Å². The second-order valence-corrected chi connectivity index (χ2v) is 8.77. The van der Waals surface area contributed by atoms with Gasteiger partial charge in [-0.1, -0.05) is 0 Å². The van der Waals surface area contributed by atoms with Gasteiger partial charge in [-0.15, -0.1) is 0 Å². The fourth-order valence-corrected chi connectivity index (χ4v) is 4.74. The van der Waals surface area contributed by atoms with Crippen molar-refractivity contribution in [2.75, 3.05) is 38.5 Å². The molecule has 1 amide bonds. The Kier molecular flexibility index (Phi) is 4.15. The van der Waals surface area contributed by atoms with Gasteiger partial charge in [-0.25, -0.2) is 0 Å². The Hall–Kier alpha value is -1.79. The fraction of sp³-hybridized carbons (Fsp3) is 0.650. The fourth-order valence-electron chi connectivity index (χ4n) is 4.74. The van der Waals surface area contributed by atoms with Gasteiger partial charge in [0.05, 0.1) is 17.8 Å². The maximum atomic E-state index is 12.7. The van der Waals surface area contributed by atoms with Crippen molar-refractivity contribution >= 4 is 11.6 Å². The van der Waals surface area contributed by atoms with Crippen LogP contribution < -0.4 is 15.8 Å². The molecule has 2 unspecified atom stereocenters. The van der Waals surface area contributed by atoms with E-state index in [0.29, 0.717) is 48.8 Å². The van der Waals surface area contributed by atoms with Crippen LogP contribution in [0.2, 0.25) is 0 Å². The molecule has 1 aliphatic carbocycles. The van der Waals surface area contributed by atoms with Crippen molar-refractivity contribution in [1.29, 1.82) is 0 Å². The smallest absolute Gasteiger partial charge is 0.255 e. The summed E-state index contributed by atoms with van der Waals surface area (Å²) in [6, 6.07) is 1.84. The molecule has 0 aromatic heterocycles. The molecule has 2 aliphatic heterocycles. The lowest BCUT2D eigenvalue weighted by Gasteiger charge is -2.27.